The summed E-state index contributed by atoms with van der Waals surface area (Å²) >= 11 is 1.44. The first-order valence-electron chi connectivity index (χ1n) is 9.52. The second kappa shape index (κ2) is 9.40. The number of thioether (sulfide) groups is 1. The quantitative estimate of drug-likeness (QED) is 0.322. The van der Waals surface area contributed by atoms with Crippen molar-refractivity contribution < 1.29 is 13.9 Å². The van der Waals surface area contributed by atoms with Crippen molar-refractivity contribution in [1.82, 2.24) is 20.2 Å². The number of nitrogens with zero attached hydrogens (tertiary/aromatic N) is 3. The number of hydrogen-bond acceptors (Lipinski definition) is 7. The fraction of sp³-hybridized carbons (Fsp3) is 0.136. The number of aromatic nitrogens is 3. The van der Waals surface area contributed by atoms with Crippen LogP contribution >= 0.6 is 11.8 Å². The number of nitrogen functional groups attached to an aromatic ring is 1. The Morgan fingerprint density at radius 2 is 2.03 bits per heavy atom. The molecule has 2 heterocycles. The van der Waals surface area contributed by atoms with Crippen LogP contribution in [0.15, 0.2) is 76.5 Å². The van der Waals surface area contributed by atoms with E-state index in [9.17, 15) is 4.79 Å². The van der Waals surface area contributed by atoms with E-state index in [0.717, 1.165) is 11.1 Å². The third-order valence-electron chi connectivity index (χ3n) is 4.57. The van der Waals surface area contributed by atoms with Gasteiger partial charge >= 0.3 is 0 Å². The minimum Gasteiger partial charge on any atom is -0.496 e. The van der Waals surface area contributed by atoms with E-state index in [-0.39, 0.29) is 5.91 Å². The number of benzene rings is 2. The summed E-state index contributed by atoms with van der Waals surface area (Å²) < 4.78 is 12.1. The van der Waals surface area contributed by atoms with Crippen LogP contribution in [0.5, 0.6) is 5.75 Å². The zero-order valence-corrected chi connectivity index (χ0v) is 17.6. The Kier molecular flexibility index (Phi) is 6.23. The van der Waals surface area contributed by atoms with Gasteiger partial charge in [0.05, 0.1) is 25.5 Å². The van der Waals surface area contributed by atoms with Crippen LogP contribution in [-0.2, 0) is 12.3 Å². The summed E-state index contributed by atoms with van der Waals surface area (Å²) in [6, 6.07) is 18.5. The van der Waals surface area contributed by atoms with Crippen LogP contribution in [0.25, 0.3) is 11.4 Å². The summed E-state index contributed by atoms with van der Waals surface area (Å²) in [6.07, 6.45) is 1.58. The monoisotopic (exact) mass is 435 g/mol. The first kappa shape index (κ1) is 20.5. The largest absolute Gasteiger partial charge is 0.496 e. The molecule has 1 amide bonds. The van der Waals surface area contributed by atoms with E-state index < -0.39 is 0 Å². The molecule has 0 atom stereocenters. The van der Waals surface area contributed by atoms with Gasteiger partial charge in [0.25, 0.3) is 5.91 Å². The standard InChI is InChI=1S/C22H21N5O3S/c1-29-19-10-3-2-9-18(19)20-25-26-22(27(20)23)31-14-15-6-4-7-16(12-15)21(28)24-13-17-8-5-11-30-17/h2-12H,13-14,23H2,1H3,(H,24,28). The second-order valence-electron chi connectivity index (χ2n) is 6.63. The molecule has 0 saturated carbocycles. The minimum absolute atomic E-state index is 0.163. The number of carbonyl (C=O) groups is 1. The molecule has 4 aromatic rings. The van der Waals surface area contributed by atoms with Crippen LogP contribution in [0, 0.1) is 0 Å². The van der Waals surface area contributed by atoms with Gasteiger partial charge in [-0.15, -0.1) is 10.2 Å². The topological polar surface area (TPSA) is 108 Å². The second-order valence-corrected chi connectivity index (χ2v) is 7.57. The van der Waals surface area contributed by atoms with Crippen molar-refractivity contribution in [2.24, 2.45) is 0 Å². The van der Waals surface area contributed by atoms with Gasteiger partial charge in [0.2, 0.25) is 5.16 Å². The third-order valence-corrected chi connectivity index (χ3v) is 5.59. The normalized spacial score (nSPS) is 10.7. The van der Waals surface area contributed by atoms with Crippen LogP contribution in [0.4, 0.5) is 0 Å². The van der Waals surface area contributed by atoms with Crippen molar-refractivity contribution in [1.29, 1.82) is 0 Å². The Morgan fingerprint density at radius 3 is 2.84 bits per heavy atom. The smallest absolute Gasteiger partial charge is 0.251 e. The van der Waals surface area contributed by atoms with E-state index in [0.29, 0.717) is 40.4 Å². The maximum Gasteiger partial charge on any atom is 0.251 e. The highest BCUT2D eigenvalue weighted by molar-refractivity contribution is 7.98. The van der Waals surface area contributed by atoms with Gasteiger partial charge in [0, 0.05) is 11.3 Å². The van der Waals surface area contributed by atoms with Crippen LogP contribution in [0.1, 0.15) is 21.7 Å². The summed E-state index contributed by atoms with van der Waals surface area (Å²) in [5.41, 5.74) is 2.31. The number of methoxy groups -OCH3 is 1. The third kappa shape index (κ3) is 4.72. The van der Waals surface area contributed by atoms with E-state index in [1.165, 1.54) is 16.4 Å². The highest BCUT2D eigenvalue weighted by atomic mass is 32.2. The molecule has 0 saturated heterocycles. The Labute approximate surface area is 183 Å². The Balaban J connectivity index is 1.42. The molecule has 0 aliphatic carbocycles. The van der Waals surface area contributed by atoms with Gasteiger partial charge in [-0.2, -0.15) is 0 Å². The summed E-state index contributed by atoms with van der Waals surface area (Å²) in [4.78, 5) is 12.4. The number of amides is 1. The lowest BCUT2D eigenvalue weighted by Gasteiger charge is -2.08. The fourth-order valence-corrected chi connectivity index (χ4v) is 3.82. The van der Waals surface area contributed by atoms with Crippen LogP contribution in [0.2, 0.25) is 0 Å². The lowest BCUT2D eigenvalue weighted by molar-refractivity contribution is 0.0948. The number of hydrogen-bond donors (Lipinski definition) is 2. The highest BCUT2D eigenvalue weighted by Crippen LogP contribution is 2.30. The van der Waals surface area contributed by atoms with Gasteiger partial charge < -0.3 is 20.3 Å². The number of nitrogens with two attached hydrogens (primary N) is 1. The van der Waals surface area contributed by atoms with Crippen molar-refractivity contribution in [3.63, 3.8) is 0 Å². The molecule has 0 unspecified atom stereocenters. The Bertz CT molecular complexity index is 1170. The molecule has 0 spiro atoms. The number of nitrogens with one attached hydrogen (secondary N) is 1. The van der Waals surface area contributed by atoms with Crippen LogP contribution < -0.4 is 15.9 Å². The van der Waals surface area contributed by atoms with Gasteiger partial charge in [-0.3, -0.25) is 4.79 Å². The van der Waals surface area contributed by atoms with E-state index in [1.54, 1.807) is 25.5 Å². The van der Waals surface area contributed by atoms with Crippen molar-refractivity contribution in [3.05, 3.63) is 83.8 Å². The zero-order valence-electron chi connectivity index (χ0n) is 16.8. The molecule has 0 fully saturated rings. The zero-order chi connectivity index (χ0) is 21.6. The average Bonchev–Trinajstić information content (AvgIpc) is 3.46. The lowest BCUT2D eigenvalue weighted by atomic mass is 10.1. The molecule has 31 heavy (non-hydrogen) atoms. The minimum atomic E-state index is -0.163. The number of furan rings is 1. The van der Waals surface area contributed by atoms with Crippen molar-refractivity contribution in [2.45, 2.75) is 17.5 Å². The molecule has 0 aliphatic heterocycles. The van der Waals surface area contributed by atoms with Gasteiger partial charge in [-0.1, -0.05) is 36.0 Å². The first-order valence-corrected chi connectivity index (χ1v) is 10.5. The number of ether oxygens (including phenoxy) is 1. The molecule has 3 N–H and O–H groups in total. The molecule has 9 heteroatoms. The number of para-hydroxylation sites is 1. The van der Waals surface area contributed by atoms with Crippen molar-refractivity contribution in [2.75, 3.05) is 13.0 Å². The molecular weight excluding hydrogens is 414 g/mol. The van der Waals surface area contributed by atoms with E-state index >= 15 is 0 Å². The SMILES string of the molecule is COc1ccccc1-c1nnc(SCc2cccc(C(=O)NCc3ccco3)c2)n1N. The Morgan fingerprint density at radius 1 is 1.16 bits per heavy atom. The number of rotatable bonds is 8. The molecule has 0 radical (unpaired) electrons. The van der Waals surface area contributed by atoms with E-state index in [1.807, 2.05) is 48.5 Å². The van der Waals surface area contributed by atoms with Gasteiger partial charge in [-0.05, 0) is 42.0 Å². The molecule has 158 valence electrons. The predicted molar refractivity (Wildman–Crippen MR) is 118 cm³/mol. The number of carbonyl (C=O) groups excluding carboxylic acids is 1. The molecule has 2 aromatic heterocycles. The fourth-order valence-electron chi connectivity index (χ4n) is 3.02. The lowest BCUT2D eigenvalue weighted by Crippen LogP contribution is -2.22. The van der Waals surface area contributed by atoms with Crippen LogP contribution in [-0.4, -0.2) is 27.9 Å². The molecule has 8 nitrogen and oxygen atoms in total. The van der Waals surface area contributed by atoms with E-state index in [4.69, 9.17) is 15.0 Å². The molecular formula is C22H21N5O3S. The molecule has 0 aliphatic rings. The van der Waals surface area contributed by atoms with Crippen LogP contribution in [0.3, 0.4) is 0 Å². The van der Waals surface area contributed by atoms with E-state index in [2.05, 4.69) is 15.5 Å². The highest BCUT2D eigenvalue weighted by Gasteiger charge is 2.16. The maximum atomic E-state index is 12.4. The van der Waals surface area contributed by atoms with Crippen molar-refractivity contribution >= 4 is 17.7 Å². The molecule has 0 bridgehead atoms. The molecule has 4 rings (SSSR count). The summed E-state index contributed by atoms with van der Waals surface area (Å²) in [6.45, 7) is 0.340. The van der Waals surface area contributed by atoms with Gasteiger partial charge in [0.1, 0.15) is 11.5 Å². The Hall–Kier alpha value is -3.72. The van der Waals surface area contributed by atoms with Gasteiger partial charge in [0.15, 0.2) is 5.82 Å². The molecule has 2 aromatic carbocycles. The average molecular weight is 436 g/mol. The predicted octanol–water partition coefficient (Wildman–Crippen LogP) is 3.48. The van der Waals surface area contributed by atoms with Gasteiger partial charge in [-0.25, -0.2) is 4.68 Å². The summed E-state index contributed by atoms with van der Waals surface area (Å²) in [5.74, 6) is 8.54. The maximum absolute atomic E-state index is 12.4. The summed E-state index contributed by atoms with van der Waals surface area (Å²) in [7, 11) is 1.60. The van der Waals surface area contributed by atoms with Crippen molar-refractivity contribution in [3.8, 4) is 17.1 Å². The summed E-state index contributed by atoms with van der Waals surface area (Å²) in [5, 5.41) is 11.8. The first-order chi connectivity index (χ1) is 15.2.